The third-order valence-electron chi connectivity index (χ3n) is 6.34. The summed E-state index contributed by atoms with van der Waals surface area (Å²) in [6, 6.07) is 11.8. The number of rotatable bonds is 7. The summed E-state index contributed by atoms with van der Waals surface area (Å²) in [5.41, 5.74) is 2.34. The van der Waals surface area contributed by atoms with Gasteiger partial charge in [-0.2, -0.15) is 0 Å². The lowest BCUT2D eigenvalue weighted by molar-refractivity contribution is -0.131. The number of hydrogen-bond donors (Lipinski definition) is 2. The van der Waals surface area contributed by atoms with Gasteiger partial charge >= 0.3 is 6.03 Å². The van der Waals surface area contributed by atoms with Crippen LogP contribution in [-0.4, -0.2) is 53.5 Å². The number of carbonyl (C=O) groups is 2. The average Bonchev–Trinajstić information content (AvgIpc) is 3.09. The molecule has 2 bridgehead atoms. The number of nitrogens with one attached hydrogen (secondary N) is 2. The lowest BCUT2D eigenvalue weighted by atomic mass is 10.1. The summed E-state index contributed by atoms with van der Waals surface area (Å²) in [5, 5.41) is 6.09. The number of amides is 3. The van der Waals surface area contributed by atoms with E-state index in [0.717, 1.165) is 44.5 Å². The molecular weight excluding hydrogens is 455 g/mol. The van der Waals surface area contributed by atoms with Crippen molar-refractivity contribution in [2.45, 2.75) is 44.8 Å². The van der Waals surface area contributed by atoms with E-state index in [9.17, 15) is 14.0 Å². The van der Waals surface area contributed by atoms with Gasteiger partial charge in [-0.25, -0.2) is 9.18 Å². The van der Waals surface area contributed by atoms with E-state index in [2.05, 4.69) is 15.5 Å². The van der Waals surface area contributed by atoms with Gasteiger partial charge in [0.2, 0.25) is 5.91 Å². The summed E-state index contributed by atoms with van der Waals surface area (Å²) in [5.74, 6) is -0.253. The number of halogens is 2. The fourth-order valence-electron chi connectivity index (χ4n) is 4.76. The van der Waals surface area contributed by atoms with Gasteiger partial charge in [-0.15, -0.1) is 0 Å². The molecule has 2 aliphatic rings. The number of urea groups is 1. The highest BCUT2D eigenvalue weighted by Gasteiger charge is 2.41. The van der Waals surface area contributed by atoms with Crippen molar-refractivity contribution < 1.29 is 14.0 Å². The van der Waals surface area contributed by atoms with Crippen LogP contribution in [0.3, 0.4) is 0 Å². The first kappa shape index (κ1) is 24.2. The summed E-state index contributed by atoms with van der Waals surface area (Å²) in [4.78, 5) is 29.6. The highest BCUT2D eigenvalue weighted by Crippen LogP contribution is 2.31. The van der Waals surface area contributed by atoms with Crippen molar-refractivity contribution in [1.29, 1.82) is 0 Å². The second-order valence-corrected chi connectivity index (χ2v) is 9.33. The van der Waals surface area contributed by atoms with E-state index in [1.807, 2.05) is 24.0 Å². The lowest BCUT2D eigenvalue weighted by Crippen LogP contribution is -2.55. The van der Waals surface area contributed by atoms with Gasteiger partial charge in [0.05, 0.1) is 5.69 Å². The van der Waals surface area contributed by atoms with Gasteiger partial charge in [-0.05, 0) is 60.7 Å². The summed E-state index contributed by atoms with van der Waals surface area (Å²) < 4.78 is 13.2. The standard InChI is InChI=1S/C26H30ClFN4O2/c1-2-13-29-26(34)30-24-14-20(27)7-5-19(24)6-12-25(33)32-22-10-11-23(32)17-31(16-22)15-18-3-8-21(28)9-4-18/h3-9,12,14,22-23H,2,10-11,13,15-17H2,1H3,(H2,29,30,34)/b12-6+. The Bertz CT molecular complexity index is 1050. The molecule has 0 radical (unpaired) electrons. The fraction of sp³-hybridized carbons (Fsp3) is 0.385. The predicted octanol–water partition coefficient (Wildman–Crippen LogP) is 4.90. The molecule has 6 nitrogen and oxygen atoms in total. The van der Waals surface area contributed by atoms with Crippen molar-refractivity contribution in [1.82, 2.24) is 15.1 Å². The van der Waals surface area contributed by atoms with Crippen LogP contribution in [-0.2, 0) is 11.3 Å². The van der Waals surface area contributed by atoms with Crippen LogP contribution in [0.2, 0.25) is 5.02 Å². The number of carbonyl (C=O) groups excluding carboxylic acids is 2. The van der Waals surface area contributed by atoms with Crippen LogP contribution in [0.4, 0.5) is 14.9 Å². The molecule has 34 heavy (non-hydrogen) atoms. The normalized spacial score (nSPS) is 20.0. The number of likely N-dealkylation sites (tertiary alicyclic amines) is 1. The van der Waals surface area contributed by atoms with Crippen LogP contribution in [0.25, 0.3) is 6.08 Å². The molecule has 2 aromatic rings. The molecule has 2 fully saturated rings. The van der Waals surface area contributed by atoms with Gasteiger partial charge in [0, 0.05) is 49.4 Å². The number of fused-ring (bicyclic) bond motifs is 2. The van der Waals surface area contributed by atoms with Crippen LogP contribution in [0.15, 0.2) is 48.5 Å². The highest BCUT2D eigenvalue weighted by molar-refractivity contribution is 6.31. The van der Waals surface area contributed by atoms with E-state index in [1.165, 1.54) is 12.1 Å². The van der Waals surface area contributed by atoms with E-state index in [4.69, 9.17) is 11.6 Å². The average molecular weight is 485 g/mol. The molecule has 180 valence electrons. The maximum atomic E-state index is 13.2. The zero-order valence-corrected chi connectivity index (χ0v) is 20.0. The number of benzene rings is 2. The number of hydrogen-bond acceptors (Lipinski definition) is 3. The van der Waals surface area contributed by atoms with Crippen molar-refractivity contribution in [3.63, 3.8) is 0 Å². The zero-order chi connectivity index (χ0) is 24.1. The molecule has 2 aliphatic heterocycles. The smallest absolute Gasteiger partial charge is 0.319 e. The Morgan fingerprint density at radius 1 is 1.12 bits per heavy atom. The first-order chi connectivity index (χ1) is 16.4. The second kappa shape index (κ2) is 11.0. The SMILES string of the molecule is CCCNC(=O)Nc1cc(Cl)ccc1/C=C/C(=O)N1C2CCC1CN(Cc1ccc(F)cc1)C2. The molecule has 2 heterocycles. The highest BCUT2D eigenvalue weighted by atomic mass is 35.5. The monoisotopic (exact) mass is 484 g/mol. The van der Waals surface area contributed by atoms with Gasteiger partial charge in [0.1, 0.15) is 5.82 Å². The van der Waals surface area contributed by atoms with E-state index in [0.29, 0.717) is 22.8 Å². The Labute approximate surface area is 204 Å². The Balaban J connectivity index is 1.40. The number of nitrogens with zero attached hydrogens (tertiary/aromatic N) is 2. The van der Waals surface area contributed by atoms with Crippen molar-refractivity contribution in [2.75, 3.05) is 25.0 Å². The van der Waals surface area contributed by atoms with Crippen LogP contribution in [0, 0.1) is 5.82 Å². The first-order valence-electron chi connectivity index (χ1n) is 11.7. The molecule has 0 aromatic heterocycles. The number of anilines is 1. The maximum absolute atomic E-state index is 13.2. The van der Waals surface area contributed by atoms with Gasteiger partial charge < -0.3 is 15.5 Å². The van der Waals surface area contributed by atoms with E-state index >= 15 is 0 Å². The second-order valence-electron chi connectivity index (χ2n) is 8.90. The molecule has 0 spiro atoms. The predicted molar refractivity (Wildman–Crippen MR) is 133 cm³/mol. The van der Waals surface area contributed by atoms with Crippen molar-refractivity contribution >= 4 is 35.3 Å². The van der Waals surface area contributed by atoms with Crippen LogP contribution >= 0.6 is 11.6 Å². The summed E-state index contributed by atoms with van der Waals surface area (Å²) in [7, 11) is 0. The summed E-state index contributed by atoms with van der Waals surface area (Å²) in [6.45, 7) is 4.92. The third kappa shape index (κ3) is 5.96. The van der Waals surface area contributed by atoms with Crippen LogP contribution < -0.4 is 10.6 Å². The summed E-state index contributed by atoms with van der Waals surface area (Å²) >= 11 is 6.12. The molecule has 0 saturated carbocycles. The van der Waals surface area contributed by atoms with Crippen LogP contribution in [0.1, 0.15) is 37.3 Å². The molecule has 3 amide bonds. The van der Waals surface area contributed by atoms with Crippen molar-refractivity contribution in [3.05, 3.63) is 70.5 Å². The molecule has 4 rings (SSSR count). The topological polar surface area (TPSA) is 64.7 Å². The van der Waals surface area contributed by atoms with Gasteiger partial charge in [-0.1, -0.05) is 36.7 Å². The zero-order valence-electron chi connectivity index (χ0n) is 19.3. The van der Waals surface area contributed by atoms with Gasteiger partial charge in [0.25, 0.3) is 0 Å². The van der Waals surface area contributed by atoms with Gasteiger partial charge in [0.15, 0.2) is 0 Å². The Kier molecular flexibility index (Phi) is 7.85. The molecule has 2 aromatic carbocycles. The molecular formula is C26H30ClFN4O2. The maximum Gasteiger partial charge on any atom is 0.319 e. The first-order valence-corrected chi connectivity index (χ1v) is 12.1. The lowest BCUT2D eigenvalue weighted by Gasteiger charge is -2.40. The Morgan fingerprint density at radius 2 is 1.82 bits per heavy atom. The molecule has 8 heteroatoms. The minimum absolute atomic E-state index is 0.0229. The Hall–Kier alpha value is -2.90. The largest absolute Gasteiger partial charge is 0.338 e. The quantitative estimate of drug-likeness (QED) is 0.549. The minimum atomic E-state index is -0.305. The molecule has 2 atom stereocenters. The Morgan fingerprint density at radius 3 is 2.50 bits per heavy atom. The molecule has 2 saturated heterocycles. The van der Waals surface area contributed by atoms with Crippen molar-refractivity contribution in [3.8, 4) is 0 Å². The van der Waals surface area contributed by atoms with Crippen molar-refractivity contribution in [2.24, 2.45) is 0 Å². The number of piperazine rings is 1. The van der Waals surface area contributed by atoms with E-state index in [-0.39, 0.29) is 29.8 Å². The minimum Gasteiger partial charge on any atom is -0.338 e. The molecule has 0 aliphatic carbocycles. The van der Waals surface area contributed by atoms with E-state index < -0.39 is 0 Å². The molecule has 2 N–H and O–H groups in total. The fourth-order valence-corrected chi connectivity index (χ4v) is 4.93. The van der Waals surface area contributed by atoms with Crippen LogP contribution in [0.5, 0.6) is 0 Å². The van der Waals surface area contributed by atoms with Gasteiger partial charge in [-0.3, -0.25) is 9.69 Å². The third-order valence-corrected chi connectivity index (χ3v) is 6.57. The molecule has 2 unspecified atom stereocenters. The summed E-state index contributed by atoms with van der Waals surface area (Å²) in [6.07, 6.45) is 6.12. The van der Waals surface area contributed by atoms with E-state index in [1.54, 1.807) is 30.4 Å².